The van der Waals surface area contributed by atoms with Crippen molar-refractivity contribution in [3.05, 3.63) is 63.4 Å². The van der Waals surface area contributed by atoms with Gasteiger partial charge >= 0.3 is 11.9 Å². The number of aromatic nitrogens is 2. The number of carboxylic acid groups (broad SMARTS) is 2. The summed E-state index contributed by atoms with van der Waals surface area (Å²) in [6.45, 7) is 2.16. The van der Waals surface area contributed by atoms with Crippen LogP contribution in [0.25, 0.3) is 22.3 Å². The highest BCUT2D eigenvalue weighted by molar-refractivity contribution is 5.84. The molecule has 0 amide bonds. The topological polar surface area (TPSA) is 109 Å². The van der Waals surface area contributed by atoms with E-state index in [1.54, 1.807) is 10.6 Å². The molecule has 0 fully saturated rings. The molecule has 0 radical (unpaired) electrons. The third-order valence-corrected chi connectivity index (χ3v) is 5.49. The van der Waals surface area contributed by atoms with Crippen molar-refractivity contribution in [1.29, 1.82) is 0 Å². The van der Waals surface area contributed by atoms with Crippen molar-refractivity contribution in [2.75, 3.05) is 0 Å². The first kappa shape index (κ1) is 18.9. The number of nitrogens with zero attached hydrogens (tertiary/aromatic N) is 2. The molecule has 1 aliphatic heterocycles. The Kier molecular flexibility index (Phi) is 4.66. The minimum Gasteiger partial charge on any atom is -0.481 e. The minimum atomic E-state index is -1.12. The van der Waals surface area contributed by atoms with Gasteiger partial charge in [-0.1, -0.05) is 25.1 Å². The van der Waals surface area contributed by atoms with Gasteiger partial charge < -0.3 is 14.8 Å². The standard InChI is InChI=1S/C22H20N2O5/c1-2-12(8-19(25)26)15-9-18-21-14(7-13-5-3-4-6-17(13)23-21)11-24(18)22(29)16(15)10-20(27)28/h3-7,9,12H,2,8,10-11H2,1H3,(H,25,26)(H,27,28). The van der Waals surface area contributed by atoms with Crippen LogP contribution in [0.1, 0.15) is 42.4 Å². The van der Waals surface area contributed by atoms with E-state index in [0.29, 0.717) is 29.9 Å². The third-order valence-electron chi connectivity index (χ3n) is 5.49. The van der Waals surface area contributed by atoms with E-state index < -0.39 is 24.3 Å². The van der Waals surface area contributed by atoms with Gasteiger partial charge in [-0.2, -0.15) is 0 Å². The van der Waals surface area contributed by atoms with Crippen molar-refractivity contribution in [2.45, 2.75) is 38.6 Å². The number of carbonyl (C=O) groups is 2. The molecule has 3 aromatic rings. The second-order valence-corrected chi connectivity index (χ2v) is 7.32. The Hall–Kier alpha value is -3.48. The maximum atomic E-state index is 13.2. The molecule has 1 unspecified atom stereocenters. The van der Waals surface area contributed by atoms with Crippen LogP contribution in [0.5, 0.6) is 0 Å². The molecule has 148 valence electrons. The van der Waals surface area contributed by atoms with Gasteiger partial charge in [0.2, 0.25) is 0 Å². The first-order chi connectivity index (χ1) is 13.9. The number of aliphatic carboxylic acids is 2. The summed E-state index contributed by atoms with van der Waals surface area (Å²) in [5, 5.41) is 19.6. The summed E-state index contributed by atoms with van der Waals surface area (Å²) < 4.78 is 1.55. The van der Waals surface area contributed by atoms with Crippen LogP contribution < -0.4 is 5.56 Å². The Morgan fingerprint density at radius 1 is 1.17 bits per heavy atom. The Labute approximate surface area is 166 Å². The van der Waals surface area contributed by atoms with E-state index in [9.17, 15) is 24.6 Å². The molecular weight excluding hydrogens is 372 g/mol. The fourth-order valence-corrected chi connectivity index (χ4v) is 4.11. The van der Waals surface area contributed by atoms with Crippen LogP contribution in [-0.2, 0) is 22.6 Å². The molecule has 0 saturated heterocycles. The van der Waals surface area contributed by atoms with Gasteiger partial charge in [0.1, 0.15) is 0 Å². The summed E-state index contributed by atoms with van der Waals surface area (Å²) in [6.07, 6.45) is -0.111. The summed E-state index contributed by atoms with van der Waals surface area (Å²) in [6, 6.07) is 11.4. The van der Waals surface area contributed by atoms with Crippen LogP contribution in [0, 0.1) is 0 Å². The Morgan fingerprint density at radius 2 is 1.93 bits per heavy atom. The van der Waals surface area contributed by atoms with E-state index in [2.05, 4.69) is 0 Å². The molecule has 2 aromatic heterocycles. The number of benzene rings is 1. The van der Waals surface area contributed by atoms with E-state index >= 15 is 0 Å². The zero-order valence-corrected chi connectivity index (χ0v) is 15.9. The number of carboxylic acids is 2. The first-order valence-corrected chi connectivity index (χ1v) is 9.48. The fraction of sp³-hybridized carbons (Fsp3) is 0.273. The molecule has 0 bridgehead atoms. The highest BCUT2D eigenvalue weighted by Crippen LogP contribution is 2.35. The van der Waals surface area contributed by atoms with E-state index in [0.717, 1.165) is 16.5 Å². The normalized spacial score (nSPS) is 13.1. The molecule has 29 heavy (non-hydrogen) atoms. The van der Waals surface area contributed by atoms with Crippen LogP contribution >= 0.6 is 0 Å². The largest absolute Gasteiger partial charge is 0.481 e. The summed E-state index contributed by atoms with van der Waals surface area (Å²) in [7, 11) is 0. The SMILES string of the molecule is CCC(CC(=O)O)c1cc2n(c(=O)c1CC(=O)O)Cc1cc3ccccc3nc1-2. The zero-order chi connectivity index (χ0) is 20.7. The van der Waals surface area contributed by atoms with Gasteiger partial charge in [0.05, 0.1) is 36.3 Å². The van der Waals surface area contributed by atoms with Crippen LogP contribution in [-0.4, -0.2) is 31.7 Å². The second-order valence-electron chi connectivity index (χ2n) is 7.32. The van der Waals surface area contributed by atoms with E-state index in [4.69, 9.17) is 4.98 Å². The smallest absolute Gasteiger partial charge is 0.308 e. The van der Waals surface area contributed by atoms with Gasteiger partial charge in [-0.05, 0) is 36.1 Å². The van der Waals surface area contributed by atoms with Crippen molar-refractivity contribution < 1.29 is 19.8 Å². The molecule has 1 aliphatic rings. The van der Waals surface area contributed by atoms with Crippen molar-refractivity contribution in [2.24, 2.45) is 0 Å². The number of rotatable bonds is 6. The Bertz CT molecular complexity index is 1210. The van der Waals surface area contributed by atoms with E-state index in [1.165, 1.54) is 0 Å². The van der Waals surface area contributed by atoms with Gasteiger partial charge in [-0.3, -0.25) is 14.4 Å². The maximum absolute atomic E-state index is 13.2. The van der Waals surface area contributed by atoms with Crippen LogP contribution in [0.2, 0.25) is 0 Å². The number of hydrogen-bond acceptors (Lipinski definition) is 4. The van der Waals surface area contributed by atoms with Crippen LogP contribution in [0.4, 0.5) is 0 Å². The summed E-state index contributed by atoms with van der Waals surface area (Å²) in [5.74, 6) is -2.54. The fourth-order valence-electron chi connectivity index (χ4n) is 4.11. The molecular formula is C22H20N2O5. The molecule has 0 saturated carbocycles. The Morgan fingerprint density at radius 3 is 2.62 bits per heavy atom. The quantitative estimate of drug-likeness (QED) is 0.522. The van der Waals surface area contributed by atoms with Crippen molar-refractivity contribution in [3.63, 3.8) is 0 Å². The molecule has 3 heterocycles. The second kappa shape index (κ2) is 7.16. The lowest BCUT2D eigenvalue weighted by molar-refractivity contribution is -0.137. The summed E-state index contributed by atoms with van der Waals surface area (Å²) >= 11 is 0. The number of hydrogen-bond donors (Lipinski definition) is 2. The van der Waals surface area contributed by atoms with Gasteiger partial charge in [0, 0.05) is 16.5 Å². The molecule has 7 nitrogen and oxygen atoms in total. The first-order valence-electron chi connectivity index (χ1n) is 9.48. The van der Waals surface area contributed by atoms with E-state index in [1.807, 2.05) is 37.3 Å². The highest BCUT2D eigenvalue weighted by atomic mass is 16.4. The number of fused-ring (bicyclic) bond motifs is 4. The lowest BCUT2D eigenvalue weighted by atomic mass is 9.88. The predicted molar refractivity (Wildman–Crippen MR) is 107 cm³/mol. The van der Waals surface area contributed by atoms with Gasteiger partial charge in [-0.25, -0.2) is 4.98 Å². The number of pyridine rings is 2. The molecule has 7 heteroatoms. The molecule has 2 N–H and O–H groups in total. The lowest BCUT2D eigenvalue weighted by Crippen LogP contribution is -2.28. The van der Waals surface area contributed by atoms with Crippen LogP contribution in [0.3, 0.4) is 0 Å². The molecule has 0 aliphatic carbocycles. The van der Waals surface area contributed by atoms with Crippen molar-refractivity contribution in [3.8, 4) is 11.4 Å². The summed E-state index contributed by atoms with van der Waals surface area (Å²) in [4.78, 5) is 40.7. The predicted octanol–water partition coefficient (Wildman–Crippen LogP) is 3.02. The van der Waals surface area contributed by atoms with Crippen molar-refractivity contribution >= 4 is 22.8 Å². The monoisotopic (exact) mass is 392 g/mol. The van der Waals surface area contributed by atoms with Crippen molar-refractivity contribution in [1.82, 2.24) is 9.55 Å². The average Bonchev–Trinajstić information content (AvgIpc) is 3.03. The van der Waals surface area contributed by atoms with Crippen LogP contribution in [0.15, 0.2) is 41.2 Å². The molecule has 1 aromatic carbocycles. The molecule has 1 atom stereocenters. The average molecular weight is 392 g/mol. The van der Waals surface area contributed by atoms with Gasteiger partial charge in [0.25, 0.3) is 5.56 Å². The minimum absolute atomic E-state index is 0.159. The molecule has 0 spiro atoms. The summed E-state index contributed by atoms with van der Waals surface area (Å²) in [5.41, 5.74) is 3.28. The maximum Gasteiger partial charge on any atom is 0.308 e. The Balaban J connectivity index is 1.95. The lowest BCUT2D eigenvalue weighted by Gasteiger charge is -2.19. The highest BCUT2D eigenvalue weighted by Gasteiger charge is 2.28. The van der Waals surface area contributed by atoms with Gasteiger partial charge in [-0.15, -0.1) is 0 Å². The zero-order valence-electron chi connectivity index (χ0n) is 15.9. The van der Waals surface area contributed by atoms with E-state index in [-0.39, 0.29) is 17.5 Å². The number of para-hydroxylation sites is 1. The molecule has 4 rings (SSSR count). The third kappa shape index (κ3) is 3.29. The van der Waals surface area contributed by atoms with Gasteiger partial charge in [0.15, 0.2) is 0 Å².